The van der Waals surface area contributed by atoms with Crippen LogP contribution in [0.25, 0.3) is 11.6 Å². The van der Waals surface area contributed by atoms with Gasteiger partial charge >= 0.3 is 12.2 Å². The Morgan fingerprint density at radius 3 is 2.18 bits per heavy atom. The standard InChI is InChI=1S/C28H31Cl2NO7/c1-27(2,3)37-25(33)31-22-16-19(30)8-10-20(22)21(24(31)32)15-17-14-18(29)9-11-23(17)35-12-7-13-36-26(34)38-28(4,5)6/h8-11,14-16H,7,12-13H2,1-6H3. The van der Waals surface area contributed by atoms with Crippen LogP contribution in [0.2, 0.25) is 10.0 Å². The molecule has 0 aliphatic carbocycles. The fourth-order valence-corrected chi connectivity index (χ4v) is 3.83. The van der Waals surface area contributed by atoms with Gasteiger partial charge in [0.2, 0.25) is 0 Å². The van der Waals surface area contributed by atoms with E-state index in [4.69, 9.17) is 42.1 Å². The lowest BCUT2D eigenvalue weighted by molar-refractivity contribution is -0.112. The van der Waals surface area contributed by atoms with E-state index in [-0.39, 0.29) is 18.8 Å². The molecule has 38 heavy (non-hydrogen) atoms. The van der Waals surface area contributed by atoms with Crippen LogP contribution in [0.1, 0.15) is 59.1 Å². The van der Waals surface area contributed by atoms with Crippen LogP contribution in [0.5, 0.6) is 5.75 Å². The van der Waals surface area contributed by atoms with Crippen molar-refractivity contribution in [2.45, 2.75) is 59.2 Å². The summed E-state index contributed by atoms with van der Waals surface area (Å²) >= 11 is 12.4. The summed E-state index contributed by atoms with van der Waals surface area (Å²) in [5, 5.41) is 0.801. The minimum atomic E-state index is -0.804. The van der Waals surface area contributed by atoms with Gasteiger partial charge in [-0.05, 0) is 78.0 Å². The zero-order valence-electron chi connectivity index (χ0n) is 22.2. The van der Waals surface area contributed by atoms with Crippen LogP contribution < -0.4 is 9.64 Å². The fraction of sp³-hybridized carbons (Fsp3) is 0.393. The van der Waals surface area contributed by atoms with E-state index in [0.29, 0.717) is 39.0 Å². The average molecular weight is 564 g/mol. The van der Waals surface area contributed by atoms with Gasteiger partial charge in [-0.2, -0.15) is 0 Å². The summed E-state index contributed by atoms with van der Waals surface area (Å²) in [6.45, 7) is 10.7. The number of rotatable bonds is 6. The van der Waals surface area contributed by atoms with E-state index < -0.39 is 29.4 Å². The van der Waals surface area contributed by atoms with Crippen LogP contribution in [-0.2, 0) is 19.0 Å². The Morgan fingerprint density at radius 2 is 1.53 bits per heavy atom. The number of ether oxygens (including phenoxy) is 4. The molecule has 0 fully saturated rings. The number of hydrogen-bond acceptors (Lipinski definition) is 7. The highest BCUT2D eigenvalue weighted by Gasteiger charge is 2.39. The zero-order valence-corrected chi connectivity index (χ0v) is 23.7. The third-order valence-electron chi connectivity index (χ3n) is 4.93. The molecule has 0 radical (unpaired) electrons. The Kier molecular flexibility index (Phi) is 9.00. The smallest absolute Gasteiger partial charge is 0.493 e. The van der Waals surface area contributed by atoms with Crippen LogP contribution in [0.3, 0.4) is 0 Å². The molecule has 1 heterocycles. The van der Waals surface area contributed by atoms with E-state index in [0.717, 1.165) is 4.90 Å². The van der Waals surface area contributed by atoms with Crippen molar-refractivity contribution < 1.29 is 33.3 Å². The number of carbonyl (C=O) groups is 3. The summed E-state index contributed by atoms with van der Waals surface area (Å²) in [5.74, 6) is -0.105. The first kappa shape index (κ1) is 29.3. The zero-order chi connectivity index (χ0) is 28.3. The minimum absolute atomic E-state index is 0.108. The molecule has 0 unspecified atom stereocenters. The van der Waals surface area contributed by atoms with Gasteiger partial charge in [-0.25, -0.2) is 14.5 Å². The lowest BCUT2D eigenvalue weighted by Gasteiger charge is -2.23. The first-order valence-corrected chi connectivity index (χ1v) is 12.8. The third kappa shape index (κ3) is 7.88. The van der Waals surface area contributed by atoms with Crippen molar-refractivity contribution in [3.63, 3.8) is 0 Å². The first-order valence-electron chi connectivity index (χ1n) is 12.0. The Bertz CT molecular complexity index is 1260. The van der Waals surface area contributed by atoms with Crippen molar-refractivity contribution in [3.05, 3.63) is 57.6 Å². The SMILES string of the molecule is CC(C)(C)OC(=O)OCCCOc1ccc(Cl)cc1C=C1C(=O)N(C(=O)OC(C)(C)C)c2cc(Cl)ccc21. The molecule has 0 saturated carbocycles. The van der Waals surface area contributed by atoms with E-state index in [9.17, 15) is 14.4 Å². The van der Waals surface area contributed by atoms with Gasteiger partial charge in [0.05, 0.1) is 24.5 Å². The normalized spacial score (nSPS) is 14.4. The number of hydrogen-bond donors (Lipinski definition) is 0. The lowest BCUT2D eigenvalue weighted by atomic mass is 10.0. The van der Waals surface area contributed by atoms with Crippen LogP contribution in [-0.4, -0.2) is 42.6 Å². The van der Waals surface area contributed by atoms with Gasteiger partial charge in [-0.3, -0.25) is 4.79 Å². The van der Waals surface area contributed by atoms with Crippen LogP contribution in [0.4, 0.5) is 15.3 Å². The molecule has 204 valence electrons. The first-order chi connectivity index (χ1) is 17.6. The number of amides is 2. The van der Waals surface area contributed by atoms with Crippen molar-refractivity contribution in [2.75, 3.05) is 18.1 Å². The molecular formula is C28H31Cl2NO7. The Hall–Kier alpha value is -3.23. The molecule has 0 N–H and O–H groups in total. The molecule has 1 aliphatic rings. The summed E-state index contributed by atoms with van der Waals surface area (Å²) in [6.07, 6.45) is 0.465. The number of nitrogens with zero attached hydrogens (tertiary/aromatic N) is 1. The molecule has 0 aromatic heterocycles. The monoisotopic (exact) mass is 563 g/mol. The molecule has 2 aromatic rings. The number of halogens is 2. The maximum Gasteiger partial charge on any atom is 0.508 e. The molecule has 2 aromatic carbocycles. The molecule has 10 heteroatoms. The maximum atomic E-state index is 13.4. The Balaban J connectivity index is 1.81. The molecule has 0 saturated heterocycles. The van der Waals surface area contributed by atoms with E-state index in [1.807, 2.05) is 0 Å². The second kappa shape index (κ2) is 11.7. The highest BCUT2D eigenvalue weighted by atomic mass is 35.5. The molecule has 0 spiro atoms. The molecule has 8 nitrogen and oxygen atoms in total. The number of imide groups is 1. The van der Waals surface area contributed by atoms with Gasteiger partial charge in [0.15, 0.2) is 0 Å². The quantitative estimate of drug-likeness (QED) is 0.203. The van der Waals surface area contributed by atoms with Gasteiger partial charge in [-0.15, -0.1) is 0 Å². The summed E-state index contributed by atoms with van der Waals surface area (Å²) in [4.78, 5) is 39.0. The largest absolute Gasteiger partial charge is 0.508 e. The Morgan fingerprint density at radius 1 is 0.895 bits per heavy atom. The Labute approximate surface area is 232 Å². The van der Waals surface area contributed by atoms with Crippen LogP contribution in [0, 0.1) is 0 Å². The second-order valence-electron chi connectivity index (χ2n) is 10.5. The average Bonchev–Trinajstić information content (AvgIpc) is 3.03. The summed E-state index contributed by atoms with van der Waals surface area (Å²) < 4.78 is 21.5. The second-order valence-corrected chi connectivity index (χ2v) is 11.4. The van der Waals surface area contributed by atoms with Gasteiger partial charge in [0, 0.05) is 27.6 Å². The van der Waals surface area contributed by atoms with Crippen LogP contribution in [0.15, 0.2) is 36.4 Å². The van der Waals surface area contributed by atoms with Gasteiger partial charge in [-0.1, -0.05) is 29.3 Å². The van der Waals surface area contributed by atoms with Crippen molar-refractivity contribution in [1.29, 1.82) is 0 Å². The number of carbonyl (C=O) groups excluding carboxylic acids is 3. The number of fused-ring (bicyclic) bond motifs is 1. The number of benzene rings is 2. The predicted octanol–water partition coefficient (Wildman–Crippen LogP) is 7.54. The maximum absolute atomic E-state index is 13.4. The lowest BCUT2D eigenvalue weighted by Crippen LogP contribution is -2.38. The minimum Gasteiger partial charge on any atom is -0.493 e. The predicted molar refractivity (Wildman–Crippen MR) is 147 cm³/mol. The highest BCUT2D eigenvalue weighted by Crippen LogP contribution is 2.41. The van der Waals surface area contributed by atoms with Crippen molar-refractivity contribution in [1.82, 2.24) is 0 Å². The molecular weight excluding hydrogens is 533 g/mol. The molecule has 0 bridgehead atoms. The topological polar surface area (TPSA) is 91.4 Å². The van der Waals surface area contributed by atoms with Crippen molar-refractivity contribution in [3.8, 4) is 5.75 Å². The molecule has 2 amide bonds. The van der Waals surface area contributed by atoms with Gasteiger partial charge in [0.25, 0.3) is 5.91 Å². The molecule has 0 atom stereocenters. The fourth-order valence-electron chi connectivity index (χ4n) is 3.49. The summed E-state index contributed by atoms with van der Waals surface area (Å²) in [5.41, 5.74) is 0.182. The van der Waals surface area contributed by atoms with Gasteiger partial charge < -0.3 is 18.9 Å². The third-order valence-corrected chi connectivity index (χ3v) is 5.40. The van der Waals surface area contributed by atoms with E-state index in [1.165, 1.54) is 0 Å². The molecule has 1 aliphatic heterocycles. The van der Waals surface area contributed by atoms with E-state index >= 15 is 0 Å². The number of anilines is 1. The van der Waals surface area contributed by atoms with E-state index in [2.05, 4.69) is 0 Å². The van der Waals surface area contributed by atoms with Gasteiger partial charge in [0.1, 0.15) is 17.0 Å². The van der Waals surface area contributed by atoms with Crippen molar-refractivity contribution >= 4 is 58.7 Å². The van der Waals surface area contributed by atoms with Crippen molar-refractivity contribution in [2.24, 2.45) is 0 Å². The summed E-state index contributed by atoms with van der Waals surface area (Å²) in [7, 11) is 0. The van der Waals surface area contributed by atoms with E-state index in [1.54, 1.807) is 84.0 Å². The molecule has 3 rings (SSSR count). The summed E-state index contributed by atoms with van der Waals surface area (Å²) in [6, 6.07) is 9.84. The highest BCUT2D eigenvalue weighted by molar-refractivity contribution is 6.42. The van der Waals surface area contributed by atoms with Crippen LogP contribution >= 0.6 is 23.2 Å².